The molecule has 2 aliphatic heterocycles. The fraction of sp³-hybridized carbons (Fsp3) is 0.609. The van der Waals surface area contributed by atoms with E-state index in [0.717, 1.165) is 49.4 Å². The summed E-state index contributed by atoms with van der Waals surface area (Å²) in [6.07, 6.45) is 3.40. The van der Waals surface area contributed by atoms with Crippen LogP contribution in [0, 0.1) is 0 Å². The Morgan fingerprint density at radius 1 is 1.30 bits per heavy atom. The quantitative estimate of drug-likeness (QED) is 0.643. The molecular weight excluding hydrogens is 382 g/mol. The summed E-state index contributed by atoms with van der Waals surface area (Å²) in [6, 6.07) is 3.80. The van der Waals surface area contributed by atoms with Crippen molar-refractivity contribution in [2.24, 2.45) is 0 Å². The van der Waals surface area contributed by atoms with Gasteiger partial charge in [-0.1, -0.05) is 6.92 Å². The Hall–Kier alpha value is -2.09. The highest BCUT2D eigenvalue weighted by Gasteiger charge is 2.25. The molecule has 0 spiro atoms. The molecule has 2 N–H and O–H groups in total. The monoisotopic (exact) mass is 417 g/mol. The number of likely N-dealkylation sites (N-methyl/N-ethyl adjacent to an activating group) is 1. The molecule has 3 aliphatic rings. The molecule has 1 unspecified atom stereocenters. The molecule has 30 heavy (non-hydrogen) atoms. The highest BCUT2D eigenvalue weighted by molar-refractivity contribution is 5.85. The predicted molar refractivity (Wildman–Crippen MR) is 117 cm³/mol. The van der Waals surface area contributed by atoms with Gasteiger partial charge in [-0.05, 0) is 45.0 Å². The zero-order valence-electron chi connectivity index (χ0n) is 18.6. The van der Waals surface area contributed by atoms with Crippen molar-refractivity contribution in [3.63, 3.8) is 0 Å². The molecule has 1 fully saturated rings. The van der Waals surface area contributed by atoms with E-state index >= 15 is 0 Å². The average molecular weight is 418 g/mol. The molecule has 1 amide bonds. The van der Waals surface area contributed by atoms with E-state index in [9.17, 15) is 9.90 Å². The van der Waals surface area contributed by atoms with E-state index in [2.05, 4.69) is 17.1 Å². The van der Waals surface area contributed by atoms with Gasteiger partial charge in [-0.15, -0.1) is 0 Å². The topological polar surface area (TPSA) is 78.2 Å². The van der Waals surface area contributed by atoms with Crippen LogP contribution in [-0.2, 0) is 11.2 Å². The van der Waals surface area contributed by atoms with E-state index in [1.54, 1.807) is 12.5 Å². The van der Waals surface area contributed by atoms with Gasteiger partial charge < -0.3 is 24.1 Å². The van der Waals surface area contributed by atoms with Gasteiger partial charge >= 0.3 is 0 Å². The molecule has 7 heteroatoms. The van der Waals surface area contributed by atoms with Crippen molar-refractivity contribution < 1.29 is 19.1 Å². The fourth-order valence-corrected chi connectivity index (χ4v) is 3.87. The molecule has 1 saturated heterocycles. The Morgan fingerprint density at radius 2 is 2.03 bits per heavy atom. The Kier molecular flexibility index (Phi) is 7.39. The number of rotatable bonds is 8. The second-order valence-corrected chi connectivity index (χ2v) is 8.95. The normalized spacial score (nSPS) is 16.8. The van der Waals surface area contributed by atoms with E-state index in [4.69, 9.17) is 9.15 Å². The number of carbonyl (C=O) groups is 1. The first-order chi connectivity index (χ1) is 14.3. The van der Waals surface area contributed by atoms with Crippen LogP contribution in [0.2, 0.25) is 0 Å². The molecule has 0 saturated carbocycles. The van der Waals surface area contributed by atoms with Crippen molar-refractivity contribution in [3.8, 4) is 16.9 Å². The van der Waals surface area contributed by atoms with E-state index < -0.39 is 6.23 Å². The zero-order chi connectivity index (χ0) is 21.7. The number of piperazine rings is 1. The van der Waals surface area contributed by atoms with Gasteiger partial charge in [0.25, 0.3) is 0 Å². The van der Waals surface area contributed by atoms with Crippen LogP contribution in [0.25, 0.3) is 11.1 Å². The van der Waals surface area contributed by atoms with Gasteiger partial charge in [0, 0.05) is 49.3 Å². The maximum Gasteiger partial charge on any atom is 0.227 e. The Labute approximate surface area is 179 Å². The number of amides is 1. The second-order valence-electron chi connectivity index (χ2n) is 8.95. The van der Waals surface area contributed by atoms with Gasteiger partial charge in [-0.2, -0.15) is 0 Å². The van der Waals surface area contributed by atoms with Gasteiger partial charge in [0.2, 0.25) is 5.91 Å². The third-order valence-electron chi connectivity index (χ3n) is 5.48. The van der Waals surface area contributed by atoms with Crippen LogP contribution in [0.1, 0.15) is 39.7 Å². The Bertz CT molecular complexity index is 790. The first-order valence-electron chi connectivity index (χ1n) is 10.8. The zero-order valence-corrected chi connectivity index (χ0v) is 18.6. The number of aliphatic hydroxyl groups is 1. The van der Waals surface area contributed by atoms with Crippen LogP contribution in [-0.4, -0.2) is 71.9 Å². The van der Waals surface area contributed by atoms with Crippen molar-refractivity contribution in [2.45, 2.75) is 52.3 Å². The van der Waals surface area contributed by atoms with Crippen molar-refractivity contribution in [1.29, 1.82) is 0 Å². The lowest BCUT2D eigenvalue weighted by Gasteiger charge is -2.34. The SMILES string of the molecule is CCN1CCN(C(=O)Cc2c(OCCC(O)NC(C)(C)C)cc3coccc2-3)CC1. The molecule has 3 rings (SSSR count). The molecule has 0 aromatic heterocycles. The van der Waals surface area contributed by atoms with Gasteiger partial charge in [0.1, 0.15) is 12.0 Å². The first-order valence-corrected chi connectivity index (χ1v) is 10.8. The molecule has 0 bridgehead atoms. The summed E-state index contributed by atoms with van der Waals surface area (Å²) in [6.45, 7) is 12.9. The lowest BCUT2D eigenvalue weighted by molar-refractivity contribution is -0.132. The van der Waals surface area contributed by atoms with Crippen LogP contribution >= 0.6 is 0 Å². The first kappa shape index (κ1) is 22.6. The molecule has 0 aromatic carbocycles. The van der Waals surface area contributed by atoms with Gasteiger partial charge in [-0.25, -0.2) is 0 Å². The molecule has 166 valence electrons. The second kappa shape index (κ2) is 9.81. The number of hydrogen-bond donors (Lipinski definition) is 2. The van der Waals surface area contributed by atoms with E-state index in [0.29, 0.717) is 25.2 Å². The standard InChI is InChI=1S/C23H35N3O4/c1-5-25-8-10-26(11-9-25)22(28)15-19-18-6-12-29-16-17(18)14-20(19)30-13-7-21(27)24-23(2,3)4/h6,12,14,16,21,24,27H,5,7-11,13,15H2,1-4H3. The smallest absolute Gasteiger partial charge is 0.227 e. The third-order valence-corrected chi connectivity index (χ3v) is 5.48. The minimum absolute atomic E-state index is 0.123. The van der Waals surface area contributed by atoms with Crippen LogP contribution in [0.5, 0.6) is 5.75 Å². The number of nitrogens with one attached hydrogen (secondary N) is 1. The number of nitrogens with zero attached hydrogens (tertiary/aromatic N) is 2. The summed E-state index contributed by atoms with van der Waals surface area (Å²) in [5.74, 6) is 0.813. The highest BCUT2D eigenvalue weighted by atomic mass is 16.5. The van der Waals surface area contributed by atoms with E-state index in [1.165, 1.54) is 0 Å². The summed E-state index contributed by atoms with van der Waals surface area (Å²) >= 11 is 0. The molecule has 2 heterocycles. The van der Waals surface area contributed by atoms with Crippen molar-refractivity contribution in [1.82, 2.24) is 15.1 Å². The lowest BCUT2D eigenvalue weighted by Crippen LogP contribution is -2.48. The maximum absolute atomic E-state index is 13.0. The van der Waals surface area contributed by atoms with Crippen molar-refractivity contribution in [3.05, 3.63) is 30.2 Å². The molecule has 1 atom stereocenters. The number of aliphatic hydroxyl groups excluding tert-OH is 1. The minimum atomic E-state index is -0.649. The number of ether oxygens (including phenoxy) is 1. The van der Waals surface area contributed by atoms with Crippen LogP contribution in [0.15, 0.2) is 29.1 Å². The fourth-order valence-electron chi connectivity index (χ4n) is 3.87. The summed E-state index contributed by atoms with van der Waals surface area (Å²) in [5.41, 5.74) is 2.61. The number of carbonyl (C=O) groups excluding carboxylic acids is 1. The number of hydrogen-bond acceptors (Lipinski definition) is 6. The molecule has 7 nitrogen and oxygen atoms in total. The van der Waals surface area contributed by atoms with Crippen LogP contribution in [0.4, 0.5) is 0 Å². The summed E-state index contributed by atoms with van der Waals surface area (Å²) < 4.78 is 11.3. The summed E-state index contributed by atoms with van der Waals surface area (Å²) in [4.78, 5) is 17.3. The van der Waals surface area contributed by atoms with Crippen molar-refractivity contribution >= 4 is 5.91 Å². The lowest BCUT2D eigenvalue weighted by atomic mass is 10.1. The molecule has 0 aromatic rings. The molecule has 0 radical (unpaired) electrons. The van der Waals surface area contributed by atoms with Crippen LogP contribution < -0.4 is 10.1 Å². The van der Waals surface area contributed by atoms with Gasteiger partial charge in [0.05, 0.1) is 25.6 Å². The van der Waals surface area contributed by atoms with Crippen LogP contribution in [0.3, 0.4) is 0 Å². The molecular formula is C23H35N3O4. The number of fused-ring (bicyclic) bond motifs is 1. The summed E-state index contributed by atoms with van der Waals surface area (Å²) in [5, 5.41) is 13.3. The minimum Gasteiger partial charge on any atom is -0.493 e. The predicted octanol–water partition coefficient (Wildman–Crippen LogP) is 2.57. The van der Waals surface area contributed by atoms with E-state index in [-0.39, 0.29) is 11.4 Å². The Morgan fingerprint density at radius 3 is 2.70 bits per heavy atom. The van der Waals surface area contributed by atoms with Gasteiger partial charge in [-0.3, -0.25) is 10.1 Å². The third kappa shape index (κ3) is 5.97. The van der Waals surface area contributed by atoms with E-state index in [1.807, 2.05) is 37.8 Å². The molecule has 1 aliphatic carbocycles. The van der Waals surface area contributed by atoms with Crippen molar-refractivity contribution in [2.75, 3.05) is 39.3 Å². The summed E-state index contributed by atoms with van der Waals surface area (Å²) in [7, 11) is 0. The Balaban J connectivity index is 1.66. The van der Waals surface area contributed by atoms with Gasteiger partial charge in [0.15, 0.2) is 0 Å². The largest absolute Gasteiger partial charge is 0.493 e. The highest BCUT2D eigenvalue weighted by Crippen LogP contribution is 2.37. The maximum atomic E-state index is 13.0. The average Bonchev–Trinajstić information content (AvgIpc) is 3.04.